The van der Waals surface area contributed by atoms with Crippen LogP contribution in [0.3, 0.4) is 0 Å². The van der Waals surface area contributed by atoms with E-state index >= 15 is 0 Å². The van der Waals surface area contributed by atoms with Crippen LogP contribution in [0.2, 0.25) is 0 Å². The first kappa shape index (κ1) is 11.7. The average Bonchev–Trinajstić information content (AvgIpc) is 2.90. The fraction of sp³-hybridized carbons (Fsp3) is 1.00. The summed E-state index contributed by atoms with van der Waals surface area (Å²) in [5.41, 5.74) is 0.367. The Labute approximate surface area is 111 Å². The van der Waals surface area contributed by atoms with Crippen LogP contribution >= 0.6 is 0 Å². The first-order valence-corrected chi connectivity index (χ1v) is 8.21. The zero-order valence-corrected chi connectivity index (χ0v) is 12.0. The molecule has 5 unspecified atom stereocenters. The molecule has 3 aliphatic carbocycles. The maximum absolute atomic E-state index is 3.78. The lowest BCUT2D eigenvalue weighted by atomic mass is 9.97. The van der Waals surface area contributed by atoms with E-state index in [1.54, 1.807) is 19.3 Å². The zero-order valence-electron chi connectivity index (χ0n) is 12.0. The second-order valence-electron chi connectivity index (χ2n) is 7.64. The highest BCUT2D eigenvalue weighted by Crippen LogP contribution is 2.67. The van der Waals surface area contributed by atoms with E-state index < -0.39 is 0 Å². The molecule has 0 radical (unpaired) electrons. The Morgan fingerprint density at radius 3 is 2.61 bits per heavy atom. The predicted octanol–water partition coefficient (Wildman–Crippen LogP) is 2.49. The summed E-state index contributed by atoms with van der Waals surface area (Å²) in [6.07, 6.45) is 7.31. The van der Waals surface area contributed by atoms with Gasteiger partial charge in [0.05, 0.1) is 0 Å². The van der Waals surface area contributed by atoms with Gasteiger partial charge in [-0.2, -0.15) is 0 Å². The molecule has 4 rings (SSSR count). The first-order valence-electron chi connectivity index (χ1n) is 8.21. The van der Waals surface area contributed by atoms with Crippen LogP contribution in [-0.2, 0) is 0 Å². The van der Waals surface area contributed by atoms with E-state index in [0.29, 0.717) is 5.54 Å². The van der Waals surface area contributed by atoms with E-state index in [1.807, 2.05) is 0 Å². The molecule has 3 saturated carbocycles. The molecule has 4 aliphatic rings. The van der Waals surface area contributed by atoms with Crippen molar-refractivity contribution in [2.24, 2.45) is 23.7 Å². The molecule has 1 heterocycles. The first-order chi connectivity index (χ1) is 8.72. The monoisotopic (exact) mass is 248 g/mol. The van der Waals surface area contributed by atoms with E-state index in [2.05, 4.69) is 24.1 Å². The molecule has 2 heteroatoms. The third-order valence-electron chi connectivity index (χ3n) is 6.62. The molecule has 1 N–H and O–H groups in total. The average molecular weight is 248 g/mol. The van der Waals surface area contributed by atoms with E-state index in [9.17, 15) is 0 Å². The van der Waals surface area contributed by atoms with E-state index in [0.717, 1.165) is 29.7 Å². The van der Waals surface area contributed by atoms with Crippen LogP contribution < -0.4 is 5.32 Å². The smallest absolute Gasteiger partial charge is 0.0277 e. The third-order valence-corrected chi connectivity index (χ3v) is 6.62. The molecule has 0 aromatic carbocycles. The van der Waals surface area contributed by atoms with Crippen LogP contribution in [0.5, 0.6) is 0 Å². The van der Waals surface area contributed by atoms with Gasteiger partial charge in [0.1, 0.15) is 0 Å². The number of fused-ring (bicyclic) bond motifs is 5. The third kappa shape index (κ3) is 1.61. The molecule has 0 amide bonds. The van der Waals surface area contributed by atoms with Gasteiger partial charge in [-0.3, -0.25) is 4.90 Å². The maximum atomic E-state index is 3.78. The number of rotatable bonds is 2. The molecule has 0 spiro atoms. The molecule has 5 atom stereocenters. The summed E-state index contributed by atoms with van der Waals surface area (Å²) >= 11 is 0. The predicted molar refractivity (Wildman–Crippen MR) is 74.5 cm³/mol. The minimum atomic E-state index is 0.367. The number of hydrogen-bond donors (Lipinski definition) is 1. The van der Waals surface area contributed by atoms with Crippen LogP contribution in [0.25, 0.3) is 0 Å². The second kappa shape index (κ2) is 3.96. The van der Waals surface area contributed by atoms with Gasteiger partial charge in [-0.05, 0) is 75.8 Å². The zero-order chi connectivity index (χ0) is 12.3. The van der Waals surface area contributed by atoms with Crippen LogP contribution in [-0.4, -0.2) is 36.1 Å². The quantitative estimate of drug-likeness (QED) is 0.808. The van der Waals surface area contributed by atoms with Crippen molar-refractivity contribution < 1.29 is 0 Å². The summed E-state index contributed by atoms with van der Waals surface area (Å²) in [7, 11) is 0. The fourth-order valence-corrected chi connectivity index (χ4v) is 5.51. The molecular formula is C16H28N2. The molecular weight excluding hydrogens is 220 g/mol. The van der Waals surface area contributed by atoms with Gasteiger partial charge in [0.25, 0.3) is 0 Å². The number of nitrogens with zero attached hydrogens (tertiary/aromatic N) is 1. The van der Waals surface area contributed by atoms with Crippen LogP contribution in [0, 0.1) is 23.7 Å². The van der Waals surface area contributed by atoms with Crippen molar-refractivity contribution in [3.63, 3.8) is 0 Å². The lowest BCUT2D eigenvalue weighted by Crippen LogP contribution is -2.49. The molecule has 0 aromatic rings. The van der Waals surface area contributed by atoms with Gasteiger partial charge < -0.3 is 5.32 Å². The van der Waals surface area contributed by atoms with Gasteiger partial charge in [-0.25, -0.2) is 0 Å². The summed E-state index contributed by atoms with van der Waals surface area (Å²) in [6.45, 7) is 8.63. The van der Waals surface area contributed by atoms with Gasteiger partial charge in [-0.1, -0.05) is 6.92 Å². The van der Waals surface area contributed by atoms with E-state index in [1.165, 1.54) is 32.5 Å². The highest BCUT2D eigenvalue weighted by Gasteiger charge is 2.66. The van der Waals surface area contributed by atoms with E-state index in [4.69, 9.17) is 0 Å². The minimum Gasteiger partial charge on any atom is -0.310 e. The van der Waals surface area contributed by atoms with Crippen molar-refractivity contribution in [3.8, 4) is 0 Å². The Hall–Kier alpha value is -0.0800. The molecule has 18 heavy (non-hydrogen) atoms. The topological polar surface area (TPSA) is 15.3 Å². The van der Waals surface area contributed by atoms with Crippen LogP contribution in [0.4, 0.5) is 0 Å². The Morgan fingerprint density at radius 2 is 1.94 bits per heavy atom. The summed E-state index contributed by atoms with van der Waals surface area (Å²) < 4.78 is 0. The van der Waals surface area contributed by atoms with Gasteiger partial charge in [0, 0.05) is 18.1 Å². The molecule has 1 saturated heterocycles. The largest absolute Gasteiger partial charge is 0.310 e. The lowest BCUT2D eigenvalue weighted by Gasteiger charge is -2.34. The SMILES string of the molecule is CCC1(C)CN(C2C3C4CCC(C4)C32)CCCN1. The Morgan fingerprint density at radius 1 is 1.22 bits per heavy atom. The van der Waals surface area contributed by atoms with Crippen LogP contribution in [0.1, 0.15) is 46.0 Å². The number of nitrogens with one attached hydrogen (secondary N) is 1. The normalized spacial score (nSPS) is 55.3. The van der Waals surface area contributed by atoms with Gasteiger partial charge in [-0.15, -0.1) is 0 Å². The van der Waals surface area contributed by atoms with Crippen molar-refractivity contribution >= 4 is 0 Å². The minimum absolute atomic E-state index is 0.367. The van der Waals surface area contributed by atoms with Crippen molar-refractivity contribution in [1.82, 2.24) is 10.2 Å². The molecule has 1 aliphatic heterocycles. The van der Waals surface area contributed by atoms with Gasteiger partial charge >= 0.3 is 0 Å². The Kier molecular flexibility index (Phi) is 2.58. The van der Waals surface area contributed by atoms with Crippen LogP contribution in [0.15, 0.2) is 0 Å². The molecule has 2 nitrogen and oxygen atoms in total. The molecule has 102 valence electrons. The maximum Gasteiger partial charge on any atom is 0.0277 e. The van der Waals surface area contributed by atoms with Gasteiger partial charge in [0.15, 0.2) is 0 Å². The van der Waals surface area contributed by atoms with Crippen molar-refractivity contribution in [2.75, 3.05) is 19.6 Å². The number of hydrogen-bond acceptors (Lipinski definition) is 2. The highest BCUT2D eigenvalue weighted by molar-refractivity contribution is 5.18. The summed E-state index contributed by atoms with van der Waals surface area (Å²) in [6, 6.07) is 0.988. The summed E-state index contributed by atoms with van der Waals surface area (Å²) in [5.74, 6) is 4.47. The van der Waals surface area contributed by atoms with Crippen molar-refractivity contribution in [2.45, 2.75) is 57.5 Å². The standard InChI is InChI=1S/C16H28N2/c1-3-16(2)10-18(8-4-7-17-16)15-13-11-5-6-12(9-11)14(13)15/h11-15,17H,3-10H2,1-2H3. The van der Waals surface area contributed by atoms with Crippen molar-refractivity contribution in [3.05, 3.63) is 0 Å². The highest BCUT2D eigenvalue weighted by atomic mass is 15.3. The fourth-order valence-electron chi connectivity index (χ4n) is 5.51. The molecule has 2 bridgehead atoms. The van der Waals surface area contributed by atoms with E-state index in [-0.39, 0.29) is 0 Å². The summed E-state index contributed by atoms with van der Waals surface area (Å²) in [4.78, 5) is 2.88. The Bertz CT molecular complexity index is 326. The van der Waals surface area contributed by atoms with Crippen molar-refractivity contribution in [1.29, 1.82) is 0 Å². The lowest BCUT2D eigenvalue weighted by molar-refractivity contribution is 0.179. The summed E-state index contributed by atoms with van der Waals surface area (Å²) in [5, 5.41) is 3.78. The van der Waals surface area contributed by atoms with Gasteiger partial charge in [0.2, 0.25) is 0 Å². The molecule has 4 fully saturated rings. The Balaban J connectivity index is 1.49. The molecule has 0 aromatic heterocycles. The second-order valence-corrected chi connectivity index (χ2v) is 7.64.